The average molecular weight is 491 g/mol. The summed E-state index contributed by atoms with van der Waals surface area (Å²) < 4.78 is 0. The minimum atomic E-state index is -0.205. The number of fused-ring (bicyclic) bond motifs is 1. The molecule has 0 bridgehead atoms. The number of thiazole rings is 1. The molecule has 0 saturated carbocycles. The molecular formula is C25H22N4O3S2. The van der Waals surface area contributed by atoms with E-state index >= 15 is 0 Å². The average Bonchev–Trinajstić information content (AvgIpc) is 3.26. The van der Waals surface area contributed by atoms with Crippen LogP contribution in [0.5, 0.6) is 0 Å². The van der Waals surface area contributed by atoms with Crippen LogP contribution in [-0.4, -0.2) is 28.5 Å². The van der Waals surface area contributed by atoms with Crippen LogP contribution >= 0.6 is 23.1 Å². The molecule has 172 valence electrons. The Hall–Kier alpha value is -3.69. The molecule has 3 N–H and O–H groups in total. The Kier molecular flexibility index (Phi) is 7.56. The number of amides is 3. The van der Waals surface area contributed by atoms with Gasteiger partial charge in [-0.3, -0.25) is 19.7 Å². The lowest BCUT2D eigenvalue weighted by molar-refractivity contribution is -0.114. The third-order valence-electron chi connectivity index (χ3n) is 4.76. The van der Waals surface area contributed by atoms with E-state index in [1.807, 2.05) is 41.8 Å². The van der Waals surface area contributed by atoms with Gasteiger partial charge >= 0.3 is 0 Å². The molecular weight excluding hydrogens is 468 g/mol. The number of carbonyl (C=O) groups is 3. The van der Waals surface area contributed by atoms with Crippen molar-refractivity contribution in [1.29, 1.82) is 0 Å². The van der Waals surface area contributed by atoms with Crippen molar-refractivity contribution in [1.82, 2.24) is 4.98 Å². The van der Waals surface area contributed by atoms with E-state index in [2.05, 4.69) is 20.9 Å². The van der Waals surface area contributed by atoms with Gasteiger partial charge in [0.05, 0.1) is 11.4 Å². The quantitative estimate of drug-likeness (QED) is 0.308. The molecule has 34 heavy (non-hydrogen) atoms. The third kappa shape index (κ3) is 6.43. The van der Waals surface area contributed by atoms with Crippen LogP contribution in [0.3, 0.4) is 0 Å². The minimum Gasteiger partial charge on any atom is -0.326 e. The molecule has 0 aliphatic heterocycles. The summed E-state index contributed by atoms with van der Waals surface area (Å²) in [4.78, 5) is 40.3. The second kappa shape index (κ2) is 11.0. The molecule has 0 spiro atoms. The number of aromatic nitrogens is 1. The van der Waals surface area contributed by atoms with Crippen LogP contribution in [0.25, 0.3) is 10.8 Å². The molecule has 0 aliphatic carbocycles. The van der Waals surface area contributed by atoms with Crippen molar-refractivity contribution in [3.8, 4) is 0 Å². The first-order valence-electron chi connectivity index (χ1n) is 10.5. The highest BCUT2D eigenvalue weighted by molar-refractivity contribution is 7.99. The molecule has 1 heterocycles. The molecule has 3 amide bonds. The molecule has 0 saturated heterocycles. The SMILES string of the molecule is CC(=O)Nc1ccc(NC(=O)CSCc2csc(NC(=O)c3ccc4ccccc4c3)n2)cc1. The maximum atomic E-state index is 12.6. The lowest BCUT2D eigenvalue weighted by atomic mass is 10.1. The fraction of sp³-hybridized carbons (Fsp3) is 0.120. The summed E-state index contributed by atoms with van der Waals surface area (Å²) in [5, 5.41) is 12.8. The predicted octanol–water partition coefficient (Wildman–Crippen LogP) is 5.38. The van der Waals surface area contributed by atoms with Gasteiger partial charge in [0, 0.05) is 35.0 Å². The van der Waals surface area contributed by atoms with Gasteiger partial charge in [-0.2, -0.15) is 0 Å². The molecule has 4 rings (SSSR count). The summed E-state index contributed by atoms with van der Waals surface area (Å²) in [5.41, 5.74) is 2.71. The fourth-order valence-corrected chi connectivity index (χ4v) is 4.74. The van der Waals surface area contributed by atoms with Crippen molar-refractivity contribution in [3.63, 3.8) is 0 Å². The van der Waals surface area contributed by atoms with Crippen molar-refractivity contribution in [2.24, 2.45) is 0 Å². The van der Waals surface area contributed by atoms with Gasteiger partial charge in [-0.25, -0.2) is 4.98 Å². The molecule has 0 radical (unpaired) electrons. The Morgan fingerprint density at radius 2 is 1.59 bits per heavy atom. The number of nitrogens with zero attached hydrogens (tertiary/aromatic N) is 1. The Morgan fingerprint density at radius 3 is 2.32 bits per heavy atom. The normalized spacial score (nSPS) is 10.6. The first-order valence-corrected chi connectivity index (χ1v) is 12.5. The Balaban J connectivity index is 1.24. The molecule has 0 atom stereocenters. The summed E-state index contributed by atoms with van der Waals surface area (Å²) >= 11 is 2.79. The zero-order valence-electron chi connectivity index (χ0n) is 18.3. The second-order valence-corrected chi connectivity index (χ2v) is 9.30. The van der Waals surface area contributed by atoms with E-state index in [0.29, 0.717) is 27.8 Å². The van der Waals surface area contributed by atoms with Crippen molar-refractivity contribution < 1.29 is 14.4 Å². The molecule has 3 aromatic carbocycles. The van der Waals surface area contributed by atoms with E-state index in [9.17, 15) is 14.4 Å². The molecule has 7 nitrogen and oxygen atoms in total. The number of hydrogen-bond acceptors (Lipinski definition) is 6. The van der Waals surface area contributed by atoms with Gasteiger partial charge in [0.1, 0.15) is 0 Å². The number of benzene rings is 3. The van der Waals surface area contributed by atoms with E-state index in [4.69, 9.17) is 0 Å². The van der Waals surface area contributed by atoms with Crippen molar-refractivity contribution in [2.45, 2.75) is 12.7 Å². The van der Waals surface area contributed by atoms with Crippen LogP contribution in [-0.2, 0) is 15.3 Å². The Morgan fingerprint density at radius 1 is 0.882 bits per heavy atom. The number of hydrogen-bond donors (Lipinski definition) is 3. The van der Waals surface area contributed by atoms with Crippen LogP contribution in [0.4, 0.5) is 16.5 Å². The summed E-state index contributed by atoms with van der Waals surface area (Å²) in [6.45, 7) is 1.44. The van der Waals surface area contributed by atoms with E-state index in [-0.39, 0.29) is 23.5 Å². The first-order chi connectivity index (χ1) is 16.5. The summed E-state index contributed by atoms with van der Waals surface area (Å²) in [6.07, 6.45) is 0. The van der Waals surface area contributed by atoms with Crippen molar-refractivity contribution in [3.05, 3.63) is 83.4 Å². The first kappa shape index (κ1) is 23.5. The number of rotatable bonds is 8. The van der Waals surface area contributed by atoms with Gasteiger partial charge in [0.15, 0.2) is 5.13 Å². The van der Waals surface area contributed by atoms with E-state index in [0.717, 1.165) is 16.5 Å². The monoisotopic (exact) mass is 490 g/mol. The standard InChI is InChI=1S/C25H22N4O3S2/c1-16(30)26-20-8-10-21(11-9-20)27-23(31)15-33-13-22-14-34-25(28-22)29-24(32)19-7-6-17-4-2-3-5-18(17)12-19/h2-12,14H,13,15H2,1H3,(H,26,30)(H,27,31)(H,28,29,32). The van der Waals surface area contributed by atoms with Crippen molar-refractivity contribution in [2.75, 3.05) is 21.7 Å². The Bertz CT molecular complexity index is 1340. The van der Waals surface area contributed by atoms with Crippen LogP contribution < -0.4 is 16.0 Å². The molecule has 4 aromatic rings. The maximum Gasteiger partial charge on any atom is 0.257 e. The summed E-state index contributed by atoms with van der Waals surface area (Å²) in [5.74, 6) is 0.341. The lowest BCUT2D eigenvalue weighted by Crippen LogP contribution is -2.14. The highest BCUT2D eigenvalue weighted by Gasteiger charge is 2.11. The number of nitrogens with one attached hydrogen (secondary N) is 3. The van der Waals surface area contributed by atoms with E-state index < -0.39 is 0 Å². The second-order valence-electron chi connectivity index (χ2n) is 7.46. The van der Waals surface area contributed by atoms with Gasteiger partial charge in [-0.15, -0.1) is 23.1 Å². The molecule has 0 fully saturated rings. The van der Waals surface area contributed by atoms with Crippen LogP contribution in [0.2, 0.25) is 0 Å². The molecule has 0 aliphatic rings. The van der Waals surface area contributed by atoms with Gasteiger partial charge in [0.25, 0.3) is 5.91 Å². The van der Waals surface area contributed by atoms with E-state index in [1.54, 1.807) is 30.3 Å². The number of carbonyl (C=O) groups excluding carboxylic acids is 3. The van der Waals surface area contributed by atoms with Gasteiger partial charge in [0.2, 0.25) is 11.8 Å². The molecule has 1 aromatic heterocycles. The number of thioether (sulfide) groups is 1. The van der Waals surface area contributed by atoms with Gasteiger partial charge < -0.3 is 10.6 Å². The smallest absolute Gasteiger partial charge is 0.257 e. The topological polar surface area (TPSA) is 100 Å². The Labute approximate surface area is 205 Å². The molecule has 0 unspecified atom stereocenters. The maximum absolute atomic E-state index is 12.6. The predicted molar refractivity (Wildman–Crippen MR) is 140 cm³/mol. The third-order valence-corrected chi connectivity index (χ3v) is 6.53. The highest BCUT2D eigenvalue weighted by Crippen LogP contribution is 2.22. The van der Waals surface area contributed by atoms with Crippen LogP contribution in [0.15, 0.2) is 72.1 Å². The zero-order chi connectivity index (χ0) is 23.9. The zero-order valence-corrected chi connectivity index (χ0v) is 20.0. The lowest BCUT2D eigenvalue weighted by Gasteiger charge is -2.06. The van der Waals surface area contributed by atoms with Gasteiger partial charge in [-0.1, -0.05) is 30.3 Å². The number of anilines is 3. The minimum absolute atomic E-state index is 0.127. The van der Waals surface area contributed by atoms with Crippen LogP contribution in [0.1, 0.15) is 23.0 Å². The van der Waals surface area contributed by atoms with Crippen LogP contribution in [0, 0.1) is 0 Å². The fourth-order valence-electron chi connectivity index (χ4n) is 3.22. The van der Waals surface area contributed by atoms with Crippen molar-refractivity contribution >= 4 is 68.1 Å². The molecule has 9 heteroatoms. The van der Waals surface area contributed by atoms with Gasteiger partial charge in [-0.05, 0) is 47.2 Å². The van der Waals surface area contributed by atoms with E-state index in [1.165, 1.54) is 30.0 Å². The largest absolute Gasteiger partial charge is 0.326 e. The summed E-state index contributed by atoms with van der Waals surface area (Å²) in [6, 6.07) is 20.4. The summed E-state index contributed by atoms with van der Waals surface area (Å²) in [7, 11) is 0. The highest BCUT2D eigenvalue weighted by atomic mass is 32.2.